The van der Waals surface area contributed by atoms with Gasteiger partial charge in [0.25, 0.3) is 0 Å². The minimum atomic E-state index is -0.234. The quantitative estimate of drug-likeness (QED) is 0.762. The van der Waals surface area contributed by atoms with Gasteiger partial charge in [-0.2, -0.15) is 0 Å². The number of nitrogens with one attached hydrogen (secondary N) is 2. The predicted octanol–water partition coefficient (Wildman–Crippen LogP) is 2.02. The van der Waals surface area contributed by atoms with Gasteiger partial charge in [0.05, 0.1) is 19.3 Å². The van der Waals surface area contributed by atoms with Gasteiger partial charge in [-0.3, -0.25) is 9.69 Å². The lowest BCUT2D eigenvalue weighted by Crippen LogP contribution is -2.52. The largest absolute Gasteiger partial charge is 0.378 e. The van der Waals surface area contributed by atoms with Crippen LogP contribution in [0.5, 0.6) is 0 Å². The maximum atomic E-state index is 12.3. The average Bonchev–Trinajstić information content (AvgIpc) is 2.60. The van der Waals surface area contributed by atoms with Crippen LogP contribution >= 0.6 is 24.8 Å². The minimum absolute atomic E-state index is 0. The number of halogens is 2. The van der Waals surface area contributed by atoms with E-state index in [1.165, 1.54) is 5.56 Å². The molecule has 2 unspecified atom stereocenters. The lowest BCUT2D eigenvalue weighted by Gasteiger charge is -2.31. The molecule has 0 saturated carbocycles. The Morgan fingerprint density at radius 1 is 1.29 bits per heavy atom. The molecule has 0 radical (unpaired) electrons. The zero-order valence-electron chi connectivity index (χ0n) is 14.4. The Hall–Kier alpha value is -0.850. The van der Waals surface area contributed by atoms with Gasteiger partial charge in [-0.05, 0) is 18.7 Å². The monoisotopic (exact) mass is 377 g/mol. The molecule has 0 aromatic heterocycles. The summed E-state index contributed by atoms with van der Waals surface area (Å²) in [5.41, 5.74) is 1.24. The molecule has 5 nitrogen and oxygen atoms in total. The fourth-order valence-corrected chi connectivity index (χ4v) is 2.85. The molecule has 138 valence electrons. The zero-order valence-corrected chi connectivity index (χ0v) is 16.0. The Labute approximate surface area is 157 Å². The lowest BCUT2D eigenvalue weighted by atomic mass is 10.0. The molecule has 1 amide bonds. The Bertz CT molecular complexity index is 452. The molecular weight excluding hydrogens is 349 g/mol. The van der Waals surface area contributed by atoms with Gasteiger partial charge in [-0.15, -0.1) is 24.8 Å². The number of benzene rings is 1. The van der Waals surface area contributed by atoms with Gasteiger partial charge in [0.1, 0.15) is 6.04 Å². The summed E-state index contributed by atoms with van der Waals surface area (Å²) in [5.74, 6) is 0.0211. The van der Waals surface area contributed by atoms with Crippen LogP contribution < -0.4 is 10.6 Å². The first-order valence-electron chi connectivity index (χ1n) is 8.14. The number of ether oxygens (including phenoxy) is 1. The van der Waals surface area contributed by atoms with E-state index in [2.05, 4.69) is 41.5 Å². The number of hydrogen-bond donors (Lipinski definition) is 2. The summed E-state index contributed by atoms with van der Waals surface area (Å²) in [4.78, 5) is 14.6. The Balaban J connectivity index is 0.00000264. The third-order valence-corrected chi connectivity index (χ3v) is 4.15. The third kappa shape index (κ3) is 6.57. The maximum absolute atomic E-state index is 12.3. The van der Waals surface area contributed by atoms with Crippen molar-refractivity contribution in [1.82, 2.24) is 15.5 Å². The van der Waals surface area contributed by atoms with Gasteiger partial charge in [0.2, 0.25) is 5.91 Å². The topological polar surface area (TPSA) is 53.6 Å². The molecule has 1 saturated heterocycles. The van der Waals surface area contributed by atoms with E-state index in [1.54, 1.807) is 0 Å². The van der Waals surface area contributed by atoms with Crippen LogP contribution in [-0.2, 0) is 9.53 Å². The van der Waals surface area contributed by atoms with E-state index in [4.69, 9.17) is 4.74 Å². The molecule has 0 aliphatic carbocycles. The fraction of sp³-hybridized carbons (Fsp3) is 0.588. The van der Waals surface area contributed by atoms with Crippen molar-refractivity contribution in [2.24, 2.45) is 0 Å². The highest BCUT2D eigenvalue weighted by molar-refractivity contribution is 5.85. The van der Waals surface area contributed by atoms with Gasteiger partial charge in [0, 0.05) is 13.1 Å². The summed E-state index contributed by atoms with van der Waals surface area (Å²) in [7, 11) is 0. The minimum Gasteiger partial charge on any atom is -0.378 e. The maximum Gasteiger partial charge on any atom is 0.239 e. The smallest absolute Gasteiger partial charge is 0.239 e. The number of amides is 1. The molecule has 2 N–H and O–H groups in total. The molecule has 1 fully saturated rings. The molecule has 0 spiro atoms. The van der Waals surface area contributed by atoms with E-state index in [0.29, 0.717) is 19.8 Å². The lowest BCUT2D eigenvalue weighted by molar-refractivity contribution is -0.126. The second-order valence-electron chi connectivity index (χ2n) is 5.47. The van der Waals surface area contributed by atoms with Crippen molar-refractivity contribution in [3.8, 4) is 0 Å². The molecule has 7 heteroatoms. The van der Waals surface area contributed by atoms with Gasteiger partial charge < -0.3 is 15.4 Å². The Morgan fingerprint density at radius 2 is 1.96 bits per heavy atom. The van der Waals surface area contributed by atoms with Crippen molar-refractivity contribution in [1.29, 1.82) is 0 Å². The second kappa shape index (κ2) is 12.5. The number of carbonyl (C=O) groups excluding carboxylic acids is 1. The Morgan fingerprint density at radius 3 is 2.50 bits per heavy atom. The van der Waals surface area contributed by atoms with Crippen LogP contribution in [0.4, 0.5) is 0 Å². The first kappa shape index (κ1) is 23.1. The first-order chi connectivity index (χ1) is 10.8. The van der Waals surface area contributed by atoms with Gasteiger partial charge in [-0.1, -0.05) is 44.2 Å². The second-order valence-corrected chi connectivity index (χ2v) is 5.47. The number of likely N-dealkylation sites (N-methyl/N-ethyl adjacent to an activating group) is 1. The van der Waals surface area contributed by atoms with Crippen molar-refractivity contribution < 1.29 is 9.53 Å². The number of carbonyl (C=O) groups is 1. The molecule has 2 atom stereocenters. The van der Waals surface area contributed by atoms with Crippen LogP contribution in [0.25, 0.3) is 0 Å². The molecule has 1 heterocycles. The first-order valence-corrected chi connectivity index (χ1v) is 8.14. The standard InChI is InChI=1S/C17H27N3O2.2ClH/c1-3-20(4-2)16(14-8-6-5-7-9-14)12-19-17(21)15-13-22-11-10-18-15;;/h5-9,15-16,18H,3-4,10-13H2,1-2H3,(H,19,21);2*1H. The summed E-state index contributed by atoms with van der Waals surface area (Å²) in [6.45, 7) is 8.69. The average molecular weight is 378 g/mol. The van der Waals surface area contributed by atoms with Crippen molar-refractivity contribution in [3.05, 3.63) is 35.9 Å². The van der Waals surface area contributed by atoms with Crippen LogP contribution in [0.1, 0.15) is 25.5 Å². The van der Waals surface area contributed by atoms with Gasteiger partial charge in [-0.25, -0.2) is 0 Å². The predicted molar refractivity (Wildman–Crippen MR) is 102 cm³/mol. The summed E-state index contributed by atoms with van der Waals surface area (Å²) in [6.07, 6.45) is 0. The van der Waals surface area contributed by atoms with Crippen LogP contribution in [0.15, 0.2) is 30.3 Å². The number of morpholine rings is 1. The summed E-state index contributed by atoms with van der Waals surface area (Å²) in [5, 5.41) is 6.27. The van der Waals surface area contributed by atoms with Gasteiger partial charge in [0.15, 0.2) is 0 Å². The molecular formula is C17H29Cl2N3O2. The van der Waals surface area contributed by atoms with Crippen molar-refractivity contribution in [3.63, 3.8) is 0 Å². The molecule has 24 heavy (non-hydrogen) atoms. The van der Waals surface area contributed by atoms with E-state index in [9.17, 15) is 4.79 Å². The highest BCUT2D eigenvalue weighted by atomic mass is 35.5. The van der Waals surface area contributed by atoms with E-state index >= 15 is 0 Å². The molecule has 2 rings (SSSR count). The highest BCUT2D eigenvalue weighted by Gasteiger charge is 2.23. The van der Waals surface area contributed by atoms with Crippen molar-refractivity contribution in [2.75, 3.05) is 39.4 Å². The van der Waals surface area contributed by atoms with Crippen LogP contribution in [-0.4, -0.2) is 56.2 Å². The molecule has 0 bridgehead atoms. The Kier molecular flexibility index (Phi) is 12.1. The van der Waals surface area contributed by atoms with E-state index in [-0.39, 0.29) is 42.8 Å². The summed E-state index contributed by atoms with van der Waals surface area (Å²) < 4.78 is 5.35. The van der Waals surface area contributed by atoms with E-state index in [0.717, 1.165) is 19.6 Å². The van der Waals surface area contributed by atoms with E-state index in [1.807, 2.05) is 18.2 Å². The zero-order chi connectivity index (χ0) is 15.8. The van der Waals surface area contributed by atoms with E-state index < -0.39 is 0 Å². The SMILES string of the molecule is CCN(CC)C(CNC(=O)C1COCCN1)c1ccccc1.Cl.Cl. The molecule has 1 aliphatic rings. The van der Waals surface area contributed by atoms with Gasteiger partial charge >= 0.3 is 0 Å². The van der Waals surface area contributed by atoms with Crippen LogP contribution in [0.2, 0.25) is 0 Å². The molecule has 1 aromatic carbocycles. The highest BCUT2D eigenvalue weighted by Crippen LogP contribution is 2.19. The third-order valence-electron chi connectivity index (χ3n) is 4.15. The molecule has 1 aromatic rings. The number of nitrogens with zero attached hydrogens (tertiary/aromatic N) is 1. The molecule has 1 aliphatic heterocycles. The normalized spacial score (nSPS) is 18.2. The van der Waals surface area contributed by atoms with Crippen LogP contribution in [0.3, 0.4) is 0 Å². The van der Waals surface area contributed by atoms with Crippen molar-refractivity contribution in [2.45, 2.75) is 25.9 Å². The van der Waals surface area contributed by atoms with Crippen molar-refractivity contribution >= 4 is 30.7 Å². The number of hydrogen-bond acceptors (Lipinski definition) is 4. The van der Waals surface area contributed by atoms with Crippen LogP contribution in [0, 0.1) is 0 Å². The number of rotatable bonds is 7. The summed E-state index contributed by atoms with van der Waals surface area (Å²) in [6, 6.07) is 10.3. The summed E-state index contributed by atoms with van der Waals surface area (Å²) >= 11 is 0. The fourth-order valence-electron chi connectivity index (χ4n) is 2.85.